The minimum Gasteiger partial charge on any atom is -0.338 e. The van der Waals surface area contributed by atoms with Gasteiger partial charge in [-0.05, 0) is 6.42 Å². The van der Waals surface area contributed by atoms with E-state index in [0.29, 0.717) is 17.7 Å². The molecule has 1 N–H and O–H groups in total. The third-order valence-electron chi connectivity index (χ3n) is 2.15. The van der Waals surface area contributed by atoms with E-state index in [1.807, 2.05) is 11.8 Å². The molecule has 0 bridgehead atoms. The molecule has 0 spiro atoms. The Balaban J connectivity index is 2.30. The van der Waals surface area contributed by atoms with Crippen molar-refractivity contribution in [3.05, 3.63) is 24.4 Å². The molecular formula is C11H19N3OS. The van der Waals surface area contributed by atoms with E-state index in [2.05, 4.69) is 35.9 Å². The Labute approximate surface area is 101 Å². The molecule has 0 saturated carbocycles. The summed E-state index contributed by atoms with van der Waals surface area (Å²) in [6.45, 7) is 9.36. The molecule has 16 heavy (non-hydrogen) atoms. The van der Waals surface area contributed by atoms with Crippen molar-refractivity contribution < 1.29 is 4.52 Å². The van der Waals surface area contributed by atoms with E-state index in [9.17, 15) is 0 Å². The lowest BCUT2D eigenvalue weighted by Gasteiger charge is -2.04. The predicted molar refractivity (Wildman–Crippen MR) is 67.2 cm³/mol. The van der Waals surface area contributed by atoms with Gasteiger partial charge in [-0.15, -0.1) is 6.58 Å². The summed E-state index contributed by atoms with van der Waals surface area (Å²) in [6.07, 6.45) is 2.96. The van der Waals surface area contributed by atoms with E-state index in [0.717, 1.165) is 24.5 Å². The molecule has 1 heterocycles. The first kappa shape index (κ1) is 13.3. The molecule has 1 aromatic heterocycles. The summed E-state index contributed by atoms with van der Waals surface area (Å²) < 4.78 is 5.11. The second-order valence-corrected chi connectivity index (χ2v) is 4.98. The Bertz CT molecular complexity index is 314. The van der Waals surface area contributed by atoms with Crippen molar-refractivity contribution in [3.63, 3.8) is 0 Å². The van der Waals surface area contributed by atoms with E-state index in [4.69, 9.17) is 4.52 Å². The first-order chi connectivity index (χ1) is 7.76. The van der Waals surface area contributed by atoms with Gasteiger partial charge in [0.2, 0.25) is 5.89 Å². The SMILES string of the molecule is C=CCNCc1nc(CSC(C)CC)no1. The summed E-state index contributed by atoms with van der Waals surface area (Å²) >= 11 is 1.85. The zero-order chi connectivity index (χ0) is 11.8. The smallest absolute Gasteiger partial charge is 0.240 e. The summed E-state index contributed by atoms with van der Waals surface area (Å²) in [6, 6.07) is 0. The number of aromatic nitrogens is 2. The molecule has 5 heteroatoms. The Kier molecular flexibility index (Phi) is 6.18. The van der Waals surface area contributed by atoms with Gasteiger partial charge in [-0.2, -0.15) is 16.7 Å². The fourth-order valence-electron chi connectivity index (χ4n) is 1.04. The van der Waals surface area contributed by atoms with Gasteiger partial charge in [-0.3, -0.25) is 0 Å². The molecule has 0 aliphatic rings. The van der Waals surface area contributed by atoms with Crippen LogP contribution in [0.15, 0.2) is 17.2 Å². The Morgan fingerprint density at radius 3 is 3.12 bits per heavy atom. The molecule has 1 aromatic rings. The van der Waals surface area contributed by atoms with Crippen LogP contribution in [-0.2, 0) is 12.3 Å². The highest BCUT2D eigenvalue weighted by Gasteiger charge is 2.07. The molecule has 1 atom stereocenters. The van der Waals surface area contributed by atoms with E-state index in [1.165, 1.54) is 0 Å². The van der Waals surface area contributed by atoms with Crippen LogP contribution in [0.3, 0.4) is 0 Å². The Hall–Kier alpha value is -0.810. The summed E-state index contributed by atoms with van der Waals surface area (Å²) in [5, 5.41) is 7.69. The molecule has 1 unspecified atom stereocenters. The van der Waals surface area contributed by atoms with Crippen LogP contribution in [0, 0.1) is 0 Å². The zero-order valence-electron chi connectivity index (χ0n) is 9.90. The van der Waals surface area contributed by atoms with Crippen LogP contribution in [0.5, 0.6) is 0 Å². The Morgan fingerprint density at radius 1 is 1.62 bits per heavy atom. The minimum atomic E-state index is 0.604. The number of nitrogens with one attached hydrogen (secondary N) is 1. The molecule has 1 rings (SSSR count). The summed E-state index contributed by atoms with van der Waals surface area (Å²) in [7, 11) is 0. The lowest BCUT2D eigenvalue weighted by molar-refractivity contribution is 0.366. The van der Waals surface area contributed by atoms with Crippen molar-refractivity contribution in [2.24, 2.45) is 0 Å². The molecule has 0 aromatic carbocycles. The summed E-state index contributed by atoms with van der Waals surface area (Å²) in [5.74, 6) is 2.24. The van der Waals surface area contributed by atoms with Crippen LogP contribution < -0.4 is 5.32 Å². The highest BCUT2D eigenvalue weighted by Crippen LogP contribution is 2.17. The van der Waals surface area contributed by atoms with Crippen LogP contribution in [0.4, 0.5) is 0 Å². The molecule has 0 aliphatic heterocycles. The van der Waals surface area contributed by atoms with Gasteiger partial charge in [-0.25, -0.2) is 0 Å². The van der Waals surface area contributed by atoms with Crippen molar-refractivity contribution in [2.45, 2.75) is 37.8 Å². The first-order valence-electron chi connectivity index (χ1n) is 5.51. The van der Waals surface area contributed by atoms with Gasteiger partial charge in [0, 0.05) is 11.8 Å². The lowest BCUT2D eigenvalue weighted by Crippen LogP contribution is -2.12. The van der Waals surface area contributed by atoms with Crippen LogP contribution in [0.2, 0.25) is 0 Å². The second kappa shape index (κ2) is 7.46. The van der Waals surface area contributed by atoms with Gasteiger partial charge in [0.15, 0.2) is 5.82 Å². The average molecular weight is 241 g/mol. The molecule has 0 saturated heterocycles. The fourth-order valence-corrected chi connectivity index (χ4v) is 1.82. The molecular weight excluding hydrogens is 222 g/mol. The number of thioether (sulfide) groups is 1. The normalized spacial score (nSPS) is 12.6. The van der Waals surface area contributed by atoms with Crippen molar-refractivity contribution in [3.8, 4) is 0 Å². The van der Waals surface area contributed by atoms with Crippen molar-refractivity contribution in [1.82, 2.24) is 15.5 Å². The zero-order valence-corrected chi connectivity index (χ0v) is 10.7. The maximum Gasteiger partial charge on any atom is 0.240 e. The first-order valence-corrected chi connectivity index (χ1v) is 6.55. The molecule has 4 nitrogen and oxygen atoms in total. The van der Waals surface area contributed by atoms with Crippen molar-refractivity contribution in [1.29, 1.82) is 0 Å². The van der Waals surface area contributed by atoms with Crippen LogP contribution in [0.25, 0.3) is 0 Å². The largest absolute Gasteiger partial charge is 0.338 e. The monoisotopic (exact) mass is 241 g/mol. The maximum atomic E-state index is 5.11. The third-order valence-corrected chi connectivity index (χ3v) is 3.47. The van der Waals surface area contributed by atoms with E-state index < -0.39 is 0 Å². The van der Waals surface area contributed by atoms with E-state index in [1.54, 1.807) is 6.08 Å². The molecule has 0 radical (unpaired) electrons. The van der Waals surface area contributed by atoms with Crippen LogP contribution in [-0.4, -0.2) is 21.9 Å². The van der Waals surface area contributed by atoms with Gasteiger partial charge in [0.25, 0.3) is 0 Å². The quantitative estimate of drug-likeness (QED) is 0.559. The van der Waals surface area contributed by atoms with Crippen LogP contribution in [0.1, 0.15) is 32.0 Å². The van der Waals surface area contributed by atoms with Gasteiger partial charge in [0.1, 0.15) is 0 Å². The van der Waals surface area contributed by atoms with Crippen LogP contribution >= 0.6 is 11.8 Å². The van der Waals surface area contributed by atoms with Crippen molar-refractivity contribution in [2.75, 3.05) is 6.54 Å². The number of rotatable bonds is 8. The summed E-state index contributed by atoms with van der Waals surface area (Å²) in [4.78, 5) is 4.29. The van der Waals surface area contributed by atoms with Gasteiger partial charge in [0.05, 0.1) is 12.3 Å². The van der Waals surface area contributed by atoms with E-state index in [-0.39, 0.29) is 0 Å². The third kappa shape index (κ3) is 4.81. The highest BCUT2D eigenvalue weighted by atomic mass is 32.2. The highest BCUT2D eigenvalue weighted by molar-refractivity contribution is 7.99. The summed E-state index contributed by atoms with van der Waals surface area (Å²) in [5.41, 5.74) is 0. The van der Waals surface area contributed by atoms with E-state index >= 15 is 0 Å². The fraction of sp³-hybridized carbons (Fsp3) is 0.636. The predicted octanol–water partition coefficient (Wildman–Crippen LogP) is 2.38. The number of hydrogen-bond acceptors (Lipinski definition) is 5. The topological polar surface area (TPSA) is 51.0 Å². The minimum absolute atomic E-state index is 0.604. The Morgan fingerprint density at radius 2 is 2.44 bits per heavy atom. The maximum absolute atomic E-state index is 5.11. The molecule has 90 valence electrons. The standard InChI is InChI=1S/C11H19N3OS/c1-4-6-12-7-11-13-10(14-15-11)8-16-9(3)5-2/h4,9,12H,1,5-8H2,2-3H3. The van der Waals surface area contributed by atoms with Gasteiger partial charge < -0.3 is 9.84 Å². The molecule has 0 fully saturated rings. The number of nitrogens with zero attached hydrogens (tertiary/aromatic N) is 2. The molecule has 0 amide bonds. The van der Waals surface area contributed by atoms with Gasteiger partial charge >= 0.3 is 0 Å². The lowest BCUT2D eigenvalue weighted by atomic mass is 10.4. The van der Waals surface area contributed by atoms with Gasteiger partial charge in [-0.1, -0.05) is 25.1 Å². The van der Waals surface area contributed by atoms with Crippen molar-refractivity contribution >= 4 is 11.8 Å². The second-order valence-electron chi connectivity index (χ2n) is 3.55. The molecule has 0 aliphatic carbocycles. The number of hydrogen-bond donors (Lipinski definition) is 1. The average Bonchev–Trinajstić information content (AvgIpc) is 2.74.